The zero-order chi connectivity index (χ0) is 13.0. The van der Waals surface area contributed by atoms with Crippen LogP contribution in [-0.2, 0) is 4.74 Å². The molecule has 0 saturated carbocycles. The van der Waals surface area contributed by atoms with Gasteiger partial charge < -0.3 is 4.74 Å². The number of hydrogen-bond donors (Lipinski definition) is 0. The Morgan fingerprint density at radius 3 is 2.83 bits per heavy atom. The minimum atomic E-state index is -0.289. The van der Waals surface area contributed by atoms with Crippen LogP contribution in [0.3, 0.4) is 0 Å². The first-order valence-corrected chi connectivity index (χ1v) is 6.61. The lowest BCUT2D eigenvalue weighted by Gasteiger charge is -2.18. The Labute approximate surface area is 115 Å². The van der Waals surface area contributed by atoms with E-state index in [2.05, 4.69) is 27.8 Å². The number of hydrogen-bond acceptors (Lipinski definition) is 2. The molecule has 0 aliphatic carbocycles. The van der Waals surface area contributed by atoms with Crippen LogP contribution in [-0.4, -0.2) is 30.7 Å². The standard InChI is InChI=1S/C14H14BrNO2/c1-18-14(17)16-10-2-3-13(16)9-6-11-4-7-12(15)8-5-11/h4-5,7-8,13H,2-3,10H2,1H3. The van der Waals surface area contributed by atoms with Gasteiger partial charge in [-0.2, -0.15) is 0 Å². The van der Waals surface area contributed by atoms with Crippen molar-refractivity contribution in [2.24, 2.45) is 0 Å². The largest absolute Gasteiger partial charge is 0.453 e. The monoisotopic (exact) mass is 307 g/mol. The second kappa shape index (κ2) is 5.92. The fraction of sp³-hybridized carbons (Fsp3) is 0.357. The molecule has 0 radical (unpaired) electrons. The third kappa shape index (κ3) is 3.05. The van der Waals surface area contributed by atoms with Gasteiger partial charge in [0.15, 0.2) is 0 Å². The highest BCUT2D eigenvalue weighted by molar-refractivity contribution is 9.10. The van der Waals surface area contributed by atoms with E-state index in [-0.39, 0.29) is 12.1 Å². The van der Waals surface area contributed by atoms with E-state index in [0.717, 1.165) is 29.4 Å². The molecule has 1 unspecified atom stereocenters. The van der Waals surface area contributed by atoms with Gasteiger partial charge in [-0.15, -0.1) is 0 Å². The average Bonchev–Trinajstić information content (AvgIpc) is 2.85. The third-order valence-corrected chi connectivity index (χ3v) is 3.42. The van der Waals surface area contributed by atoms with Crippen molar-refractivity contribution in [1.82, 2.24) is 4.90 Å². The summed E-state index contributed by atoms with van der Waals surface area (Å²) in [7, 11) is 1.40. The van der Waals surface area contributed by atoms with Crippen LogP contribution in [0.4, 0.5) is 4.79 Å². The summed E-state index contributed by atoms with van der Waals surface area (Å²) in [5.41, 5.74) is 0.954. The first kappa shape index (κ1) is 13.0. The SMILES string of the molecule is COC(=O)N1CCCC1C#Cc1ccc(Br)cc1. The van der Waals surface area contributed by atoms with Crippen LogP contribution >= 0.6 is 15.9 Å². The summed E-state index contributed by atoms with van der Waals surface area (Å²) in [6.45, 7) is 0.729. The molecule has 1 aromatic carbocycles. The molecule has 4 heteroatoms. The molecule has 1 saturated heterocycles. The highest BCUT2D eigenvalue weighted by Gasteiger charge is 2.27. The Balaban J connectivity index is 2.09. The number of carbonyl (C=O) groups is 1. The summed E-state index contributed by atoms with van der Waals surface area (Å²) in [5.74, 6) is 6.24. The van der Waals surface area contributed by atoms with E-state index in [1.54, 1.807) is 4.90 Å². The normalized spacial score (nSPS) is 18.1. The zero-order valence-electron chi connectivity index (χ0n) is 10.1. The Kier molecular flexibility index (Phi) is 4.27. The molecule has 1 fully saturated rings. The van der Waals surface area contributed by atoms with E-state index >= 15 is 0 Å². The first-order valence-electron chi connectivity index (χ1n) is 5.82. The van der Waals surface area contributed by atoms with Crippen molar-refractivity contribution >= 4 is 22.0 Å². The molecule has 2 rings (SSSR count). The molecule has 1 aliphatic heterocycles. The summed E-state index contributed by atoms with van der Waals surface area (Å²) >= 11 is 3.38. The maximum Gasteiger partial charge on any atom is 0.410 e. The minimum absolute atomic E-state index is 0.0268. The average molecular weight is 308 g/mol. The molecule has 1 amide bonds. The van der Waals surface area contributed by atoms with Gasteiger partial charge in [0, 0.05) is 16.6 Å². The molecule has 0 aromatic heterocycles. The molecule has 3 nitrogen and oxygen atoms in total. The van der Waals surface area contributed by atoms with Gasteiger partial charge in [-0.1, -0.05) is 27.8 Å². The van der Waals surface area contributed by atoms with Crippen LogP contribution in [0.15, 0.2) is 28.7 Å². The van der Waals surface area contributed by atoms with Crippen LogP contribution < -0.4 is 0 Å². The van der Waals surface area contributed by atoms with Gasteiger partial charge in [-0.25, -0.2) is 4.79 Å². The molecule has 1 aromatic rings. The highest BCUT2D eigenvalue weighted by Crippen LogP contribution is 2.17. The number of methoxy groups -OCH3 is 1. The number of amides is 1. The van der Waals surface area contributed by atoms with Crippen molar-refractivity contribution in [3.05, 3.63) is 34.3 Å². The summed E-state index contributed by atoms with van der Waals surface area (Å²) in [4.78, 5) is 13.2. The predicted molar refractivity (Wildman–Crippen MR) is 73.2 cm³/mol. The molecular weight excluding hydrogens is 294 g/mol. The number of carbonyl (C=O) groups excluding carboxylic acids is 1. The van der Waals surface area contributed by atoms with Crippen LogP contribution in [0, 0.1) is 11.8 Å². The van der Waals surface area contributed by atoms with Crippen LogP contribution in [0.5, 0.6) is 0 Å². The van der Waals surface area contributed by atoms with Crippen molar-refractivity contribution in [2.45, 2.75) is 18.9 Å². The van der Waals surface area contributed by atoms with Crippen molar-refractivity contribution in [3.63, 3.8) is 0 Å². The molecule has 0 N–H and O–H groups in total. The fourth-order valence-electron chi connectivity index (χ4n) is 1.95. The van der Waals surface area contributed by atoms with Gasteiger partial charge in [0.25, 0.3) is 0 Å². The molecule has 0 bridgehead atoms. The van der Waals surface area contributed by atoms with E-state index in [9.17, 15) is 4.79 Å². The molecular formula is C14H14BrNO2. The van der Waals surface area contributed by atoms with E-state index in [0.29, 0.717) is 0 Å². The zero-order valence-corrected chi connectivity index (χ0v) is 11.7. The minimum Gasteiger partial charge on any atom is -0.453 e. The molecule has 1 aliphatic rings. The van der Waals surface area contributed by atoms with Crippen molar-refractivity contribution in [2.75, 3.05) is 13.7 Å². The van der Waals surface area contributed by atoms with E-state index < -0.39 is 0 Å². The van der Waals surface area contributed by atoms with Gasteiger partial charge >= 0.3 is 6.09 Å². The quantitative estimate of drug-likeness (QED) is 0.690. The Bertz CT molecular complexity index is 487. The number of nitrogens with zero attached hydrogens (tertiary/aromatic N) is 1. The van der Waals surface area contributed by atoms with Gasteiger partial charge in [0.2, 0.25) is 0 Å². The lowest BCUT2D eigenvalue weighted by Crippen LogP contribution is -2.34. The summed E-state index contributed by atoms with van der Waals surface area (Å²) in [6, 6.07) is 7.79. The second-order valence-corrected chi connectivity index (χ2v) is 5.01. The topological polar surface area (TPSA) is 29.5 Å². The highest BCUT2D eigenvalue weighted by atomic mass is 79.9. The summed E-state index contributed by atoms with van der Waals surface area (Å²) in [5, 5.41) is 0. The van der Waals surface area contributed by atoms with Gasteiger partial charge in [-0.05, 0) is 37.1 Å². The van der Waals surface area contributed by atoms with Crippen molar-refractivity contribution in [3.8, 4) is 11.8 Å². The van der Waals surface area contributed by atoms with Gasteiger partial charge in [-0.3, -0.25) is 4.90 Å². The predicted octanol–water partition coefficient (Wildman–Crippen LogP) is 3.03. The summed E-state index contributed by atoms with van der Waals surface area (Å²) in [6.07, 6.45) is 1.61. The molecule has 0 spiro atoms. The Hall–Kier alpha value is -1.47. The second-order valence-electron chi connectivity index (χ2n) is 4.10. The van der Waals surface area contributed by atoms with E-state index in [1.165, 1.54) is 7.11 Å². The van der Waals surface area contributed by atoms with Crippen LogP contribution in [0.25, 0.3) is 0 Å². The fourth-order valence-corrected chi connectivity index (χ4v) is 2.22. The lowest BCUT2D eigenvalue weighted by molar-refractivity contribution is 0.126. The Morgan fingerprint density at radius 1 is 1.44 bits per heavy atom. The van der Waals surface area contributed by atoms with Crippen LogP contribution in [0.2, 0.25) is 0 Å². The first-order chi connectivity index (χ1) is 8.70. The van der Waals surface area contributed by atoms with E-state index in [4.69, 9.17) is 4.74 Å². The molecule has 1 atom stereocenters. The Morgan fingerprint density at radius 2 is 2.17 bits per heavy atom. The summed E-state index contributed by atoms with van der Waals surface area (Å²) < 4.78 is 5.78. The molecule has 1 heterocycles. The maximum atomic E-state index is 11.5. The molecule has 18 heavy (non-hydrogen) atoms. The number of ether oxygens (including phenoxy) is 1. The maximum absolute atomic E-state index is 11.5. The van der Waals surface area contributed by atoms with Crippen LogP contribution in [0.1, 0.15) is 18.4 Å². The van der Waals surface area contributed by atoms with Gasteiger partial charge in [0.1, 0.15) is 0 Å². The lowest BCUT2D eigenvalue weighted by atomic mass is 10.2. The molecule has 94 valence electrons. The van der Waals surface area contributed by atoms with Gasteiger partial charge in [0.05, 0.1) is 13.2 Å². The number of benzene rings is 1. The number of halogens is 1. The van der Waals surface area contributed by atoms with E-state index in [1.807, 2.05) is 24.3 Å². The van der Waals surface area contributed by atoms with Crippen molar-refractivity contribution in [1.29, 1.82) is 0 Å². The smallest absolute Gasteiger partial charge is 0.410 e. The number of likely N-dealkylation sites (tertiary alicyclic amines) is 1. The third-order valence-electron chi connectivity index (χ3n) is 2.89. The number of rotatable bonds is 0. The van der Waals surface area contributed by atoms with Crippen molar-refractivity contribution < 1.29 is 9.53 Å².